The zero-order chi connectivity index (χ0) is 11.7. The van der Waals surface area contributed by atoms with Crippen LogP contribution in [0.15, 0.2) is 29.2 Å². The Morgan fingerprint density at radius 2 is 2.24 bits per heavy atom. The molecule has 0 saturated heterocycles. The number of hydrogen-bond donors (Lipinski definition) is 1. The number of nitrogens with one attached hydrogen (secondary N) is 1. The van der Waals surface area contributed by atoms with E-state index in [1.807, 2.05) is 23.5 Å². The summed E-state index contributed by atoms with van der Waals surface area (Å²) in [7, 11) is 0. The van der Waals surface area contributed by atoms with Crippen molar-refractivity contribution in [3.8, 4) is 0 Å². The van der Waals surface area contributed by atoms with Gasteiger partial charge in [0.15, 0.2) is 0 Å². The smallest absolute Gasteiger partial charge is 0.0282 e. The molecule has 3 rings (SSSR count). The summed E-state index contributed by atoms with van der Waals surface area (Å²) in [4.78, 5) is 1.49. The second-order valence-corrected chi connectivity index (χ2v) is 7.69. The van der Waals surface area contributed by atoms with Gasteiger partial charge in [-0.15, -0.1) is 11.8 Å². The Morgan fingerprint density at radius 1 is 1.41 bits per heavy atom. The van der Waals surface area contributed by atoms with Gasteiger partial charge < -0.3 is 5.32 Å². The van der Waals surface area contributed by atoms with Crippen LogP contribution in [0.5, 0.6) is 0 Å². The molecule has 1 fully saturated rings. The Hall–Kier alpha value is -0.120. The Morgan fingerprint density at radius 3 is 2.94 bits per heavy atom. The summed E-state index contributed by atoms with van der Waals surface area (Å²) in [5, 5.41) is 4.41. The molecule has 1 nitrogen and oxygen atoms in total. The Bertz CT molecular complexity index is 376. The number of hydrogen-bond acceptors (Lipinski definition) is 3. The minimum absolute atomic E-state index is 0.593. The average Bonchev–Trinajstić information content (AvgIpc) is 3.01. The zero-order valence-corrected chi connectivity index (χ0v) is 11.9. The van der Waals surface area contributed by atoms with Crippen molar-refractivity contribution in [3.05, 3.63) is 29.8 Å². The zero-order valence-electron chi connectivity index (χ0n) is 10.2. The van der Waals surface area contributed by atoms with E-state index in [9.17, 15) is 0 Å². The highest BCUT2D eigenvalue weighted by atomic mass is 32.2. The topological polar surface area (TPSA) is 12.0 Å². The van der Waals surface area contributed by atoms with Crippen LogP contribution in [0.3, 0.4) is 0 Å². The van der Waals surface area contributed by atoms with Crippen molar-refractivity contribution in [3.63, 3.8) is 0 Å². The predicted octanol–water partition coefficient (Wildman–Crippen LogP) is 3.19. The van der Waals surface area contributed by atoms with Gasteiger partial charge in [-0.3, -0.25) is 0 Å². The third kappa shape index (κ3) is 2.67. The molecular weight excluding hydrogens is 246 g/mol. The van der Waals surface area contributed by atoms with Crippen molar-refractivity contribution in [1.29, 1.82) is 0 Å². The van der Waals surface area contributed by atoms with Crippen LogP contribution in [-0.4, -0.2) is 29.3 Å². The van der Waals surface area contributed by atoms with Crippen molar-refractivity contribution in [2.75, 3.05) is 19.3 Å². The molecule has 2 aliphatic rings. The molecule has 1 unspecified atom stereocenters. The normalized spacial score (nSPS) is 24.6. The van der Waals surface area contributed by atoms with Gasteiger partial charge in [0, 0.05) is 28.0 Å². The van der Waals surface area contributed by atoms with E-state index in [-0.39, 0.29) is 0 Å². The van der Waals surface area contributed by atoms with Gasteiger partial charge in [0.05, 0.1) is 0 Å². The maximum absolute atomic E-state index is 3.67. The molecule has 1 aliphatic carbocycles. The first-order valence-electron chi connectivity index (χ1n) is 6.32. The molecule has 0 aromatic heterocycles. The van der Waals surface area contributed by atoms with Crippen molar-refractivity contribution in [2.24, 2.45) is 0 Å². The first kappa shape index (κ1) is 11.9. The van der Waals surface area contributed by atoms with E-state index in [0.29, 0.717) is 4.75 Å². The number of fused-ring (bicyclic) bond motifs is 1. The molecule has 1 aliphatic heterocycles. The number of thioether (sulfide) groups is 2. The second-order valence-electron chi connectivity index (χ2n) is 5.07. The minimum atomic E-state index is 0.593. The van der Waals surface area contributed by atoms with Crippen molar-refractivity contribution in [1.82, 2.24) is 5.32 Å². The van der Waals surface area contributed by atoms with Crippen LogP contribution in [-0.2, 0) is 6.42 Å². The molecule has 1 N–H and O–H groups in total. The standard InChI is InChI=1S/C14H19NS2/c1-16-14(6-7-14)10-15-9-12-8-11-4-2-3-5-13(11)17-12/h2-5,12,15H,6-10H2,1H3. The van der Waals surface area contributed by atoms with Crippen LogP contribution in [0, 0.1) is 0 Å². The van der Waals surface area contributed by atoms with Crippen molar-refractivity contribution in [2.45, 2.75) is 34.2 Å². The number of rotatable bonds is 5. The quantitative estimate of drug-likeness (QED) is 0.878. The summed E-state index contributed by atoms with van der Waals surface area (Å²) in [5.74, 6) is 0. The molecule has 1 atom stereocenters. The lowest BCUT2D eigenvalue weighted by atomic mass is 10.1. The minimum Gasteiger partial charge on any atom is -0.314 e. The Kier molecular flexibility index (Phi) is 3.42. The van der Waals surface area contributed by atoms with Crippen LogP contribution >= 0.6 is 23.5 Å². The summed E-state index contributed by atoms with van der Waals surface area (Å²) < 4.78 is 0.593. The third-order valence-corrected chi connectivity index (χ3v) is 6.51. The molecule has 1 heterocycles. The van der Waals surface area contributed by atoms with Gasteiger partial charge in [-0.2, -0.15) is 11.8 Å². The van der Waals surface area contributed by atoms with Crippen LogP contribution in [0.4, 0.5) is 0 Å². The molecule has 92 valence electrons. The van der Waals surface area contributed by atoms with Crippen LogP contribution in [0.25, 0.3) is 0 Å². The highest BCUT2D eigenvalue weighted by Gasteiger charge is 2.41. The SMILES string of the molecule is CSC1(CNCC2Cc3ccccc3S2)CC1. The van der Waals surface area contributed by atoms with Gasteiger partial charge in [0.1, 0.15) is 0 Å². The number of benzene rings is 1. The van der Waals surface area contributed by atoms with Crippen LogP contribution in [0.1, 0.15) is 18.4 Å². The maximum atomic E-state index is 3.67. The van der Waals surface area contributed by atoms with E-state index < -0.39 is 0 Å². The van der Waals surface area contributed by atoms with Gasteiger partial charge in [-0.1, -0.05) is 18.2 Å². The fourth-order valence-electron chi connectivity index (χ4n) is 2.42. The van der Waals surface area contributed by atoms with E-state index in [1.165, 1.54) is 36.3 Å². The molecule has 0 bridgehead atoms. The molecule has 0 radical (unpaired) electrons. The molecule has 1 aromatic rings. The van der Waals surface area contributed by atoms with E-state index in [4.69, 9.17) is 0 Å². The molecular formula is C14H19NS2. The second kappa shape index (κ2) is 4.87. The van der Waals surface area contributed by atoms with E-state index in [2.05, 4.69) is 35.8 Å². The van der Waals surface area contributed by atoms with Crippen LogP contribution < -0.4 is 5.32 Å². The van der Waals surface area contributed by atoms with E-state index in [0.717, 1.165) is 11.8 Å². The summed E-state index contributed by atoms with van der Waals surface area (Å²) in [6.07, 6.45) is 6.29. The predicted molar refractivity (Wildman–Crippen MR) is 78.1 cm³/mol. The molecule has 1 aromatic carbocycles. The van der Waals surface area contributed by atoms with Gasteiger partial charge in [0.25, 0.3) is 0 Å². The monoisotopic (exact) mass is 265 g/mol. The molecule has 1 saturated carbocycles. The van der Waals surface area contributed by atoms with Gasteiger partial charge in [-0.05, 0) is 37.1 Å². The fourth-order valence-corrected chi connectivity index (χ4v) is 4.46. The van der Waals surface area contributed by atoms with Crippen molar-refractivity contribution < 1.29 is 0 Å². The summed E-state index contributed by atoms with van der Waals surface area (Å²) in [6.45, 7) is 2.35. The summed E-state index contributed by atoms with van der Waals surface area (Å²) in [6, 6.07) is 8.83. The third-order valence-electron chi connectivity index (χ3n) is 3.77. The first-order chi connectivity index (χ1) is 8.31. The Labute approximate surface area is 112 Å². The molecule has 17 heavy (non-hydrogen) atoms. The van der Waals surface area contributed by atoms with Crippen LogP contribution in [0.2, 0.25) is 0 Å². The average molecular weight is 265 g/mol. The highest BCUT2D eigenvalue weighted by Crippen LogP contribution is 2.46. The fraction of sp³-hybridized carbons (Fsp3) is 0.571. The maximum Gasteiger partial charge on any atom is 0.0282 e. The van der Waals surface area contributed by atoms with E-state index in [1.54, 1.807) is 0 Å². The lowest BCUT2D eigenvalue weighted by Crippen LogP contribution is -2.31. The first-order valence-corrected chi connectivity index (χ1v) is 8.42. The van der Waals surface area contributed by atoms with Gasteiger partial charge in [-0.25, -0.2) is 0 Å². The van der Waals surface area contributed by atoms with Gasteiger partial charge in [0.2, 0.25) is 0 Å². The lowest BCUT2D eigenvalue weighted by molar-refractivity contribution is 0.644. The largest absolute Gasteiger partial charge is 0.314 e. The summed E-state index contributed by atoms with van der Waals surface area (Å²) >= 11 is 4.08. The Balaban J connectivity index is 1.46. The lowest BCUT2D eigenvalue weighted by Gasteiger charge is -2.15. The summed E-state index contributed by atoms with van der Waals surface area (Å²) in [5.41, 5.74) is 1.54. The molecule has 0 spiro atoms. The molecule has 0 amide bonds. The highest BCUT2D eigenvalue weighted by molar-refractivity contribution is 8.00. The van der Waals surface area contributed by atoms with Crippen molar-refractivity contribution >= 4 is 23.5 Å². The van der Waals surface area contributed by atoms with Gasteiger partial charge >= 0.3 is 0 Å². The van der Waals surface area contributed by atoms with E-state index >= 15 is 0 Å². The molecule has 3 heteroatoms.